The van der Waals surface area contributed by atoms with Gasteiger partial charge in [0, 0.05) is 36.3 Å². The number of aliphatic hydroxyl groups is 1. The Balaban J connectivity index is 1.41. The van der Waals surface area contributed by atoms with E-state index in [1.807, 2.05) is 0 Å². The molecule has 0 unspecified atom stereocenters. The van der Waals surface area contributed by atoms with Crippen molar-refractivity contribution < 1.29 is 35.9 Å². The molecular formula is C27H26ClF4N9O5S. The predicted molar refractivity (Wildman–Crippen MR) is 159 cm³/mol. The number of sulfone groups is 1. The third-order valence-corrected chi connectivity index (χ3v) is 9.43. The molecule has 1 amide bonds. The molecular weight excluding hydrogens is 674 g/mol. The second-order valence-electron chi connectivity index (χ2n) is 11.0. The Labute approximate surface area is 268 Å². The zero-order valence-corrected chi connectivity index (χ0v) is 25.8. The van der Waals surface area contributed by atoms with Gasteiger partial charge in [-0.2, -0.15) is 22.8 Å². The number of rotatable bonds is 9. The van der Waals surface area contributed by atoms with Crippen molar-refractivity contribution in [2.24, 2.45) is 0 Å². The van der Waals surface area contributed by atoms with E-state index in [0.717, 1.165) is 4.68 Å². The van der Waals surface area contributed by atoms with Gasteiger partial charge >= 0.3 is 11.9 Å². The van der Waals surface area contributed by atoms with Crippen LogP contribution in [-0.2, 0) is 22.9 Å². The third-order valence-electron chi connectivity index (χ3n) is 7.57. The molecule has 0 bridgehead atoms. The van der Waals surface area contributed by atoms with Gasteiger partial charge in [-0.3, -0.25) is 9.36 Å². The molecule has 2 N–H and O–H groups in total. The van der Waals surface area contributed by atoms with E-state index in [9.17, 15) is 40.7 Å². The van der Waals surface area contributed by atoms with Gasteiger partial charge in [0.05, 0.1) is 29.8 Å². The number of pyridine rings is 1. The van der Waals surface area contributed by atoms with E-state index >= 15 is 0 Å². The number of alkyl halides is 4. The monoisotopic (exact) mass is 699 g/mol. The summed E-state index contributed by atoms with van der Waals surface area (Å²) in [5.74, 6) is -1.21. The number of aliphatic hydroxyl groups excluding tert-OH is 1. The minimum Gasteiger partial charge on any atom is -0.382 e. The Morgan fingerprint density at radius 1 is 1.13 bits per heavy atom. The summed E-state index contributed by atoms with van der Waals surface area (Å²) in [5, 5.41) is 21.4. The molecule has 6 rings (SSSR count). The van der Waals surface area contributed by atoms with E-state index < -0.39 is 59.0 Å². The van der Waals surface area contributed by atoms with Gasteiger partial charge in [-0.1, -0.05) is 11.6 Å². The normalized spacial score (nSPS) is 19.8. The minimum atomic E-state index is -5.02. The summed E-state index contributed by atoms with van der Waals surface area (Å²) in [4.78, 5) is 36.8. The average molecular weight is 700 g/mol. The number of carbonyl (C=O) groups is 1. The first-order valence-corrected chi connectivity index (χ1v) is 16.4. The highest BCUT2D eigenvalue weighted by Crippen LogP contribution is 2.27. The second-order valence-corrected chi connectivity index (χ2v) is 13.8. The lowest BCUT2D eigenvalue weighted by atomic mass is 10.2. The molecule has 4 heterocycles. The molecule has 1 saturated carbocycles. The second kappa shape index (κ2) is 12.3. The van der Waals surface area contributed by atoms with Gasteiger partial charge in [0.15, 0.2) is 33.3 Å². The van der Waals surface area contributed by atoms with Gasteiger partial charge in [-0.15, -0.1) is 10.2 Å². The fourth-order valence-electron chi connectivity index (χ4n) is 4.92. The molecule has 3 aromatic heterocycles. The van der Waals surface area contributed by atoms with E-state index in [0.29, 0.717) is 9.59 Å². The van der Waals surface area contributed by atoms with Crippen molar-refractivity contribution in [3.63, 3.8) is 0 Å². The van der Waals surface area contributed by atoms with E-state index in [-0.39, 0.29) is 65.6 Å². The molecule has 1 aliphatic heterocycles. The molecule has 47 heavy (non-hydrogen) atoms. The molecule has 14 nitrogen and oxygen atoms in total. The molecule has 4 aromatic rings. The van der Waals surface area contributed by atoms with E-state index in [2.05, 4.69) is 25.5 Å². The molecule has 0 radical (unpaired) electrons. The lowest BCUT2D eigenvalue weighted by Gasteiger charge is -2.27. The molecule has 2 fully saturated rings. The summed E-state index contributed by atoms with van der Waals surface area (Å²) >= 11 is 5.95. The Kier molecular flexibility index (Phi) is 8.56. The van der Waals surface area contributed by atoms with Gasteiger partial charge in [0.2, 0.25) is 5.95 Å². The summed E-state index contributed by atoms with van der Waals surface area (Å²) in [7, 11) is -3.31. The number of aromatic nitrogens is 7. The van der Waals surface area contributed by atoms with Gasteiger partial charge in [0.25, 0.3) is 5.91 Å². The summed E-state index contributed by atoms with van der Waals surface area (Å²) < 4.78 is 80.5. The number of amides is 1. The number of halogens is 5. The number of benzene rings is 1. The smallest absolute Gasteiger partial charge is 0.382 e. The van der Waals surface area contributed by atoms with Crippen LogP contribution in [0.15, 0.2) is 47.4 Å². The molecule has 1 saturated heterocycles. The van der Waals surface area contributed by atoms with Crippen LogP contribution in [0.2, 0.25) is 5.02 Å². The highest BCUT2D eigenvalue weighted by atomic mass is 35.5. The van der Waals surface area contributed by atoms with Crippen LogP contribution in [0.3, 0.4) is 0 Å². The number of hydrogen-bond acceptors (Lipinski definition) is 10. The fourth-order valence-corrected chi connectivity index (χ4v) is 6.24. The predicted octanol–water partition coefficient (Wildman–Crippen LogP) is 1.39. The highest BCUT2D eigenvalue weighted by Gasteiger charge is 2.40. The molecule has 1 aromatic carbocycles. The molecule has 2 aliphatic rings. The number of nitrogens with one attached hydrogen (secondary N) is 1. The van der Waals surface area contributed by atoms with Crippen LogP contribution < -0.4 is 15.9 Å². The molecule has 20 heteroatoms. The number of carbonyl (C=O) groups excluding carboxylic acids is 1. The first-order valence-electron chi connectivity index (χ1n) is 14.2. The quantitative estimate of drug-likeness (QED) is 0.244. The summed E-state index contributed by atoms with van der Waals surface area (Å²) in [5.41, 5.74) is -0.768. The van der Waals surface area contributed by atoms with Crippen molar-refractivity contribution in [1.82, 2.24) is 39.4 Å². The largest absolute Gasteiger partial charge is 0.416 e. The number of anilines is 1. The number of nitrogens with zero attached hydrogens (tertiary/aromatic N) is 8. The van der Waals surface area contributed by atoms with Crippen LogP contribution in [0.25, 0.3) is 17.1 Å². The van der Waals surface area contributed by atoms with Gasteiger partial charge in [0.1, 0.15) is 12.7 Å². The van der Waals surface area contributed by atoms with E-state index in [1.54, 1.807) is 4.90 Å². The highest BCUT2D eigenvalue weighted by molar-refractivity contribution is 7.91. The van der Waals surface area contributed by atoms with Crippen LogP contribution in [0.5, 0.6) is 0 Å². The minimum absolute atomic E-state index is 0.0263. The zero-order chi connectivity index (χ0) is 33.7. The Morgan fingerprint density at radius 3 is 2.45 bits per heavy atom. The summed E-state index contributed by atoms with van der Waals surface area (Å²) in [6.07, 6.45) is -7.56. The van der Waals surface area contributed by atoms with Crippen LogP contribution >= 0.6 is 11.6 Å². The maximum Gasteiger partial charge on any atom is 0.416 e. The molecule has 250 valence electrons. The van der Waals surface area contributed by atoms with Crippen molar-refractivity contribution in [2.45, 2.75) is 44.0 Å². The lowest BCUT2D eigenvalue weighted by molar-refractivity contribution is -0.207. The number of hydrogen-bond donors (Lipinski definition) is 2. The van der Waals surface area contributed by atoms with Gasteiger partial charge in [-0.05, 0) is 36.4 Å². The lowest BCUT2D eigenvalue weighted by Crippen LogP contribution is -2.41. The molecule has 3 atom stereocenters. The zero-order valence-electron chi connectivity index (χ0n) is 24.2. The van der Waals surface area contributed by atoms with Crippen molar-refractivity contribution in [2.75, 3.05) is 29.5 Å². The van der Waals surface area contributed by atoms with Crippen LogP contribution in [0.4, 0.5) is 23.5 Å². The maximum absolute atomic E-state index is 13.5. The van der Waals surface area contributed by atoms with E-state index in [4.69, 9.17) is 11.6 Å². The Bertz CT molecular complexity index is 1970. The first-order chi connectivity index (χ1) is 22.2. The Morgan fingerprint density at radius 2 is 1.81 bits per heavy atom. The van der Waals surface area contributed by atoms with Crippen LogP contribution in [0.1, 0.15) is 22.7 Å². The van der Waals surface area contributed by atoms with Gasteiger partial charge < -0.3 is 15.3 Å². The average Bonchev–Trinajstić information content (AvgIpc) is 3.41. The molecule has 0 spiro atoms. The molecule has 1 aliphatic carbocycles. The Hall–Kier alpha value is -4.36. The summed E-state index contributed by atoms with van der Waals surface area (Å²) in [6.45, 7) is -1.56. The van der Waals surface area contributed by atoms with Crippen molar-refractivity contribution in [3.05, 3.63) is 69.6 Å². The van der Waals surface area contributed by atoms with Crippen molar-refractivity contribution in [1.29, 1.82) is 0 Å². The maximum atomic E-state index is 13.5. The first kappa shape index (κ1) is 32.6. The van der Waals surface area contributed by atoms with Gasteiger partial charge in [-0.25, -0.2) is 27.3 Å². The van der Waals surface area contributed by atoms with Crippen molar-refractivity contribution >= 4 is 33.3 Å². The van der Waals surface area contributed by atoms with Crippen LogP contribution in [0, 0.1) is 0 Å². The topological polar surface area (TPSA) is 170 Å². The van der Waals surface area contributed by atoms with Crippen LogP contribution in [-0.4, -0.2) is 103 Å². The standard InChI is InChI=1S/C27H26ClF4N9O5S/c28-16-5-3-15(4-6-16)23-37-40(26(44)39(23)13-20(42)27(30,31)32)14-21-35-25(38-8-10-47(45,46)11-9-38)41(36-21)19-2-1-7-33-22(19)24(43)34-18-12-17(18)29/h1-7,17-18,20,42H,8-14H2,(H,34,43)/t17-,18-,20-/m1/s1. The SMILES string of the molecule is O=C(N[C@@H]1C[C@H]1F)c1ncccc1-n1nc(Cn2nc(-c3ccc(Cl)cc3)n(C[C@@H](O)C(F)(F)F)c2=O)nc1N1CCS(=O)(=O)CC1. The third kappa shape index (κ3) is 7.01. The van der Waals surface area contributed by atoms with E-state index in [1.165, 1.54) is 47.3 Å². The fraction of sp³-hybridized carbons (Fsp3) is 0.407. The summed E-state index contributed by atoms with van der Waals surface area (Å²) in [6, 6.07) is 8.16. The van der Waals surface area contributed by atoms with Crippen molar-refractivity contribution in [3.8, 4) is 17.1 Å².